The van der Waals surface area contributed by atoms with E-state index in [4.69, 9.17) is 18.6 Å². The molecule has 1 N–H and O–H groups in total. The zero-order valence-corrected chi connectivity index (χ0v) is 17.6. The highest BCUT2D eigenvalue weighted by molar-refractivity contribution is 7.54. The van der Waals surface area contributed by atoms with E-state index < -0.39 is 19.6 Å². The van der Waals surface area contributed by atoms with Gasteiger partial charge in [0.15, 0.2) is 6.04 Å². The molecule has 30 heavy (non-hydrogen) atoms. The fourth-order valence-corrected chi connectivity index (χ4v) is 3.88. The van der Waals surface area contributed by atoms with Gasteiger partial charge in [0.2, 0.25) is 6.41 Å². The molecule has 162 valence electrons. The third kappa shape index (κ3) is 6.88. The van der Waals surface area contributed by atoms with Crippen molar-refractivity contribution in [2.45, 2.75) is 19.1 Å². The first-order valence-corrected chi connectivity index (χ1v) is 10.8. The summed E-state index contributed by atoms with van der Waals surface area (Å²) in [5.74, 6) is -0.430. The lowest BCUT2D eigenvalue weighted by Crippen LogP contribution is -2.41. The molecule has 0 aliphatic rings. The Morgan fingerprint density at radius 1 is 1.10 bits per heavy atom. The van der Waals surface area contributed by atoms with Crippen LogP contribution in [-0.4, -0.2) is 49.0 Å². The van der Waals surface area contributed by atoms with Gasteiger partial charge in [-0.3, -0.25) is 9.63 Å². The van der Waals surface area contributed by atoms with Crippen LogP contribution in [0.5, 0.6) is 11.5 Å². The average molecular weight is 437 g/mol. The lowest BCUT2D eigenvalue weighted by molar-refractivity contribution is -0.200. The summed E-state index contributed by atoms with van der Waals surface area (Å²) < 4.78 is 28.5. The molecule has 0 spiro atoms. The van der Waals surface area contributed by atoms with Crippen LogP contribution in [0.2, 0.25) is 0 Å². The molecule has 1 amide bonds. The molecule has 2 unspecified atom stereocenters. The van der Waals surface area contributed by atoms with Gasteiger partial charge in [0, 0.05) is 7.11 Å². The van der Waals surface area contributed by atoms with Crippen LogP contribution >= 0.6 is 7.60 Å². The normalized spacial score (nSPS) is 13.7. The van der Waals surface area contributed by atoms with E-state index in [1.165, 1.54) is 14.2 Å². The predicted octanol–water partition coefficient (Wildman–Crippen LogP) is 3.35. The Hall–Kier alpha value is -2.87. The Labute approximate surface area is 174 Å². The second-order valence-corrected chi connectivity index (χ2v) is 8.37. The lowest BCUT2D eigenvalue weighted by atomic mass is 10.2. The van der Waals surface area contributed by atoms with Crippen LogP contribution in [0.4, 0.5) is 0 Å². The van der Waals surface area contributed by atoms with Crippen LogP contribution < -0.4 is 9.26 Å². The number of benzene rings is 2. The summed E-state index contributed by atoms with van der Waals surface area (Å²) in [6.07, 6.45) is -0.167. The molecule has 0 saturated carbocycles. The van der Waals surface area contributed by atoms with Gasteiger partial charge < -0.3 is 18.9 Å². The Kier molecular flexibility index (Phi) is 8.86. The smallest absolute Gasteiger partial charge is 0.379 e. The number of carbonyl (C=O) groups excluding carboxylic acids is 1. The number of hydrogen-bond donors (Lipinski definition) is 1. The fourth-order valence-electron chi connectivity index (χ4n) is 2.53. The standard InChI is InChI=1S/C20H24NO8P/c1-26-17-8-10-18(11-9-17)29-30(25,27-2)13-12-19(20(23)24)21(15-22)28-14-16-6-4-3-5-7-16/h3-11,15,19H,12-14H2,1-2H3,(H,23,24). The molecule has 0 aliphatic carbocycles. The quantitative estimate of drug-likeness (QED) is 0.289. The highest BCUT2D eigenvalue weighted by Gasteiger charge is 2.32. The van der Waals surface area contributed by atoms with Crippen LogP contribution in [-0.2, 0) is 30.1 Å². The summed E-state index contributed by atoms with van der Waals surface area (Å²) in [6.45, 7) is 0.00759. The minimum Gasteiger partial charge on any atom is -0.497 e. The van der Waals surface area contributed by atoms with Gasteiger partial charge in [0.25, 0.3) is 0 Å². The average Bonchev–Trinajstić information content (AvgIpc) is 2.77. The van der Waals surface area contributed by atoms with E-state index in [9.17, 15) is 19.3 Å². The number of aliphatic carboxylic acids is 1. The third-order valence-corrected chi connectivity index (χ3v) is 6.03. The molecule has 2 atom stereocenters. The van der Waals surface area contributed by atoms with E-state index >= 15 is 0 Å². The van der Waals surface area contributed by atoms with Gasteiger partial charge in [-0.25, -0.2) is 14.4 Å². The molecule has 0 aliphatic heterocycles. The topological polar surface area (TPSA) is 112 Å². The minimum absolute atomic E-state index is 0.00759. The number of carbonyl (C=O) groups is 2. The Morgan fingerprint density at radius 2 is 1.73 bits per heavy atom. The van der Waals surface area contributed by atoms with Gasteiger partial charge in [-0.1, -0.05) is 30.3 Å². The maximum atomic E-state index is 12.9. The first kappa shape index (κ1) is 23.4. The molecular formula is C20H24NO8P. The van der Waals surface area contributed by atoms with Crippen molar-refractivity contribution in [2.24, 2.45) is 0 Å². The van der Waals surface area contributed by atoms with Gasteiger partial charge in [-0.05, 0) is 36.2 Å². The first-order chi connectivity index (χ1) is 14.4. The molecule has 2 aromatic rings. The van der Waals surface area contributed by atoms with Crippen molar-refractivity contribution in [1.29, 1.82) is 0 Å². The third-order valence-electron chi connectivity index (χ3n) is 4.18. The van der Waals surface area contributed by atoms with Crippen molar-refractivity contribution >= 4 is 20.0 Å². The van der Waals surface area contributed by atoms with Crippen LogP contribution in [0.15, 0.2) is 54.6 Å². The van der Waals surface area contributed by atoms with E-state index in [1.807, 2.05) is 6.07 Å². The van der Waals surface area contributed by atoms with Crippen LogP contribution in [0.1, 0.15) is 12.0 Å². The summed E-state index contributed by atoms with van der Waals surface area (Å²) >= 11 is 0. The second-order valence-electron chi connectivity index (χ2n) is 6.15. The summed E-state index contributed by atoms with van der Waals surface area (Å²) in [6, 6.07) is 14.0. The predicted molar refractivity (Wildman–Crippen MR) is 108 cm³/mol. The molecule has 0 aromatic heterocycles. The zero-order valence-electron chi connectivity index (χ0n) is 16.7. The molecule has 0 bridgehead atoms. The van der Waals surface area contributed by atoms with Gasteiger partial charge in [0.1, 0.15) is 18.1 Å². The Balaban J connectivity index is 2.02. The van der Waals surface area contributed by atoms with Gasteiger partial charge in [0.05, 0.1) is 13.3 Å². The Bertz CT molecular complexity index is 859. The maximum absolute atomic E-state index is 12.9. The molecule has 0 fully saturated rings. The van der Waals surface area contributed by atoms with Crippen LogP contribution in [0.25, 0.3) is 0 Å². The minimum atomic E-state index is -3.67. The number of rotatable bonds is 13. The number of methoxy groups -OCH3 is 1. The van der Waals surface area contributed by atoms with Crippen molar-refractivity contribution in [3.63, 3.8) is 0 Å². The molecule has 9 nitrogen and oxygen atoms in total. The largest absolute Gasteiger partial charge is 0.497 e. The summed E-state index contributed by atoms with van der Waals surface area (Å²) in [7, 11) is -0.942. The van der Waals surface area contributed by atoms with Crippen molar-refractivity contribution < 1.29 is 37.9 Å². The number of hydrogen-bond acceptors (Lipinski definition) is 7. The summed E-state index contributed by atoms with van der Waals surface area (Å²) in [5.41, 5.74) is 0.763. The number of carboxylic acids is 1. The van der Waals surface area contributed by atoms with E-state index in [-0.39, 0.29) is 31.3 Å². The number of hydroxylamine groups is 2. The summed E-state index contributed by atoms with van der Waals surface area (Å²) in [5, 5.41) is 10.2. The molecular weight excluding hydrogens is 413 g/mol. The molecule has 2 aromatic carbocycles. The van der Waals surface area contributed by atoms with E-state index in [0.717, 1.165) is 5.56 Å². The van der Waals surface area contributed by atoms with E-state index in [0.29, 0.717) is 10.8 Å². The van der Waals surface area contributed by atoms with Crippen LogP contribution in [0.3, 0.4) is 0 Å². The van der Waals surface area contributed by atoms with E-state index in [2.05, 4.69) is 0 Å². The lowest BCUT2D eigenvalue weighted by Gasteiger charge is -2.25. The van der Waals surface area contributed by atoms with Crippen molar-refractivity contribution in [3.8, 4) is 11.5 Å². The number of amides is 1. The van der Waals surface area contributed by atoms with Gasteiger partial charge >= 0.3 is 13.6 Å². The first-order valence-electron chi connectivity index (χ1n) is 9.02. The number of nitrogens with zero attached hydrogens (tertiary/aromatic N) is 1. The van der Waals surface area contributed by atoms with Crippen LogP contribution in [0, 0.1) is 0 Å². The zero-order chi connectivity index (χ0) is 22.0. The van der Waals surface area contributed by atoms with Gasteiger partial charge in [-0.2, -0.15) is 0 Å². The van der Waals surface area contributed by atoms with Crippen molar-refractivity contribution in [1.82, 2.24) is 5.06 Å². The molecule has 2 rings (SSSR count). The Morgan fingerprint density at radius 3 is 2.27 bits per heavy atom. The fraction of sp³-hybridized carbons (Fsp3) is 0.300. The van der Waals surface area contributed by atoms with Gasteiger partial charge in [-0.15, -0.1) is 0 Å². The molecule has 10 heteroatoms. The summed E-state index contributed by atoms with van der Waals surface area (Å²) in [4.78, 5) is 28.4. The van der Waals surface area contributed by atoms with E-state index in [1.54, 1.807) is 48.5 Å². The number of ether oxygens (including phenoxy) is 1. The SMILES string of the molecule is COc1ccc(OP(=O)(CCC(C(=O)O)N(C=O)OCc2ccccc2)OC)cc1. The highest BCUT2D eigenvalue weighted by atomic mass is 31.2. The number of carboxylic acid groups (broad SMARTS) is 1. The monoisotopic (exact) mass is 437 g/mol. The molecule has 0 radical (unpaired) electrons. The molecule has 0 saturated heterocycles. The van der Waals surface area contributed by atoms with Crippen molar-refractivity contribution in [2.75, 3.05) is 20.4 Å². The van der Waals surface area contributed by atoms with Crippen molar-refractivity contribution in [3.05, 3.63) is 60.2 Å². The molecule has 0 heterocycles. The second kappa shape index (κ2) is 11.3. The highest BCUT2D eigenvalue weighted by Crippen LogP contribution is 2.48. The maximum Gasteiger partial charge on any atom is 0.379 e.